The van der Waals surface area contributed by atoms with E-state index in [1.54, 1.807) is 25.7 Å². The molecule has 5 heteroatoms. The lowest BCUT2D eigenvalue weighted by Gasteiger charge is -2.08. The SMILES string of the molecule is CCCc1nc(/C(C)=C/N=CC(OC)=C(C)CC)cc2cc[nH]c(=O)c12. The van der Waals surface area contributed by atoms with Gasteiger partial charge in [0.1, 0.15) is 5.76 Å². The highest BCUT2D eigenvalue weighted by Crippen LogP contribution is 2.20. The van der Waals surface area contributed by atoms with E-state index in [2.05, 4.69) is 23.8 Å². The highest BCUT2D eigenvalue weighted by atomic mass is 16.5. The second-order valence-electron chi connectivity index (χ2n) is 6.27. The number of rotatable bonds is 7. The van der Waals surface area contributed by atoms with E-state index in [1.807, 2.05) is 26.0 Å². The number of methoxy groups -OCH3 is 1. The lowest BCUT2D eigenvalue weighted by atomic mass is 10.1. The summed E-state index contributed by atoms with van der Waals surface area (Å²) in [7, 11) is 1.65. The van der Waals surface area contributed by atoms with Crippen molar-refractivity contribution in [2.45, 2.75) is 47.0 Å². The van der Waals surface area contributed by atoms with Gasteiger partial charge in [-0.25, -0.2) is 0 Å². The van der Waals surface area contributed by atoms with E-state index in [4.69, 9.17) is 9.72 Å². The number of nitrogens with zero attached hydrogens (tertiary/aromatic N) is 2. The van der Waals surface area contributed by atoms with E-state index < -0.39 is 0 Å². The Kier molecular flexibility index (Phi) is 6.89. The Bertz CT molecular complexity index is 920. The van der Waals surface area contributed by atoms with Crippen molar-refractivity contribution in [3.8, 4) is 0 Å². The monoisotopic (exact) mass is 353 g/mol. The molecule has 0 bridgehead atoms. The van der Waals surface area contributed by atoms with E-state index in [0.29, 0.717) is 5.39 Å². The van der Waals surface area contributed by atoms with Gasteiger partial charge in [0.05, 0.1) is 30.1 Å². The maximum Gasteiger partial charge on any atom is 0.257 e. The molecule has 5 nitrogen and oxygen atoms in total. The topological polar surface area (TPSA) is 67.3 Å². The number of pyridine rings is 2. The molecule has 0 aliphatic heterocycles. The van der Waals surface area contributed by atoms with Crippen molar-refractivity contribution in [2.24, 2.45) is 4.99 Å². The maximum atomic E-state index is 12.2. The molecule has 2 aromatic rings. The number of ether oxygens (including phenoxy) is 1. The van der Waals surface area contributed by atoms with Gasteiger partial charge in [0.25, 0.3) is 5.56 Å². The summed E-state index contributed by atoms with van der Waals surface area (Å²) in [5.41, 5.74) is 3.66. The molecule has 0 atom stereocenters. The molecule has 26 heavy (non-hydrogen) atoms. The van der Waals surface area contributed by atoms with Crippen LogP contribution < -0.4 is 5.56 Å². The largest absolute Gasteiger partial charge is 0.495 e. The van der Waals surface area contributed by atoms with Crippen LogP contribution in [0.25, 0.3) is 16.3 Å². The van der Waals surface area contributed by atoms with Gasteiger partial charge in [0, 0.05) is 12.4 Å². The molecule has 0 amide bonds. The molecule has 0 saturated heterocycles. The number of aromatic nitrogens is 2. The average Bonchev–Trinajstić information content (AvgIpc) is 2.64. The first kappa shape index (κ1) is 19.6. The molecule has 0 spiro atoms. The lowest BCUT2D eigenvalue weighted by Crippen LogP contribution is -2.10. The van der Waals surface area contributed by atoms with Gasteiger partial charge in [-0.05, 0) is 55.4 Å². The molecule has 0 unspecified atom stereocenters. The normalized spacial score (nSPS) is 13.3. The first-order valence-corrected chi connectivity index (χ1v) is 8.97. The van der Waals surface area contributed by atoms with E-state index in [0.717, 1.165) is 52.9 Å². The Hall–Kier alpha value is -2.69. The van der Waals surface area contributed by atoms with Crippen LogP contribution in [-0.4, -0.2) is 23.3 Å². The molecule has 2 aromatic heterocycles. The predicted molar refractivity (Wildman–Crippen MR) is 109 cm³/mol. The van der Waals surface area contributed by atoms with Crippen LogP contribution >= 0.6 is 0 Å². The van der Waals surface area contributed by atoms with Gasteiger partial charge in [-0.15, -0.1) is 0 Å². The Labute approximate surface area is 154 Å². The Morgan fingerprint density at radius 3 is 2.77 bits per heavy atom. The summed E-state index contributed by atoms with van der Waals surface area (Å²) >= 11 is 0. The fraction of sp³-hybridized carbons (Fsp3) is 0.381. The number of aryl methyl sites for hydroxylation is 1. The zero-order chi connectivity index (χ0) is 19.1. The molecule has 1 N–H and O–H groups in total. The summed E-state index contributed by atoms with van der Waals surface area (Å²) in [6.07, 6.45) is 7.78. The quantitative estimate of drug-likeness (QED) is 0.582. The number of hydrogen-bond donors (Lipinski definition) is 1. The molecular weight excluding hydrogens is 326 g/mol. The molecule has 2 heterocycles. The standard InChI is InChI=1S/C21H27N3O2/c1-6-8-17-20-16(9-10-23-21(20)25)11-18(24-17)15(4)12-22-13-19(26-5)14(3)7-2/h9-13H,6-8H2,1-5H3,(H,23,25)/b15-12+,19-14?,22-13?. The van der Waals surface area contributed by atoms with Gasteiger partial charge in [-0.2, -0.15) is 0 Å². The third kappa shape index (κ3) is 4.48. The first-order chi connectivity index (χ1) is 12.5. The van der Waals surface area contributed by atoms with Crippen molar-refractivity contribution in [2.75, 3.05) is 7.11 Å². The maximum absolute atomic E-state index is 12.2. The van der Waals surface area contributed by atoms with Crippen molar-refractivity contribution in [3.63, 3.8) is 0 Å². The minimum atomic E-state index is -0.0884. The first-order valence-electron chi connectivity index (χ1n) is 8.97. The number of aliphatic imine (C=N–C) groups is 1. The van der Waals surface area contributed by atoms with E-state index in [1.165, 1.54) is 0 Å². The van der Waals surface area contributed by atoms with Crippen LogP contribution in [0.4, 0.5) is 0 Å². The minimum absolute atomic E-state index is 0.0884. The van der Waals surface area contributed by atoms with Gasteiger partial charge >= 0.3 is 0 Å². The molecule has 0 saturated carbocycles. The number of allylic oxidation sites excluding steroid dienone is 3. The number of fused-ring (bicyclic) bond motifs is 1. The highest BCUT2D eigenvalue weighted by molar-refractivity contribution is 5.86. The van der Waals surface area contributed by atoms with Crippen LogP contribution in [-0.2, 0) is 11.2 Å². The van der Waals surface area contributed by atoms with Crippen LogP contribution in [0.15, 0.2) is 45.6 Å². The third-order valence-corrected chi connectivity index (χ3v) is 4.35. The van der Waals surface area contributed by atoms with Crippen LogP contribution in [0.2, 0.25) is 0 Å². The van der Waals surface area contributed by atoms with Crippen LogP contribution in [0.1, 0.15) is 51.9 Å². The highest BCUT2D eigenvalue weighted by Gasteiger charge is 2.10. The molecule has 0 radical (unpaired) electrons. The minimum Gasteiger partial charge on any atom is -0.495 e. The van der Waals surface area contributed by atoms with Crippen LogP contribution in [0, 0.1) is 0 Å². The second-order valence-corrected chi connectivity index (χ2v) is 6.27. The van der Waals surface area contributed by atoms with Crippen molar-refractivity contribution in [1.82, 2.24) is 9.97 Å². The van der Waals surface area contributed by atoms with Gasteiger partial charge < -0.3 is 9.72 Å². The fourth-order valence-corrected chi connectivity index (χ4v) is 2.71. The third-order valence-electron chi connectivity index (χ3n) is 4.35. The van der Waals surface area contributed by atoms with Crippen molar-refractivity contribution in [3.05, 3.63) is 57.6 Å². The second kappa shape index (κ2) is 9.13. The summed E-state index contributed by atoms with van der Waals surface area (Å²) in [5.74, 6) is 0.779. The van der Waals surface area contributed by atoms with Gasteiger partial charge in [0.15, 0.2) is 0 Å². The summed E-state index contributed by atoms with van der Waals surface area (Å²) in [6.45, 7) is 8.16. The van der Waals surface area contributed by atoms with Crippen molar-refractivity contribution < 1.29 is 4.74 Å². The van der Waals surface area contributed by atoms with E-state index >= 15 is 0 Å². The number of aromatic amines is 1. The summed E-state index contributed by atoms with van der Waals surface area (Å²) in [6, 6.07) is 3.85. The molecule has 0 aliphatic rings. The molecule has 0 aliphatic carbocycles. The number of nitrogens with one attached hydrogen (secondary N) is 1. The number of H-pyrrole nitrogens is 1. The van der Waals surface area contributed by atoms with Crippen molar-refractivity contribution >= 4 is 22.6 Å². The Morgan fingerprint density at radius 2 is 2.12 bits per heavy atom. The van der Waals surface area contributed by atoms with Crippen molar-refractivity contribution in [1.29, 1.82) is 0 Å². The summed E-state index contributed by atoms with van der Waals surface area (Å²) in [5, 5.41) is 1.58. The molecular formula is C21H27N3O2. The molecule has 0 aromatic carbocycles. The van der Waals surface area contributed by atoms with Gasteiger partial charge in [0.2, 0.25) is 0 Å². The molecule has 2 rings (SSSR count). The summed E-state index contributed by atoms with van der Waals surface area (Å²) < 4.78 is 5.36. The molecule has 0 fully saturated rings. The summed E-state index contributed by atoms with van der Waals surface area (Å²) in [4.78, 5) is 24.0. The predicted octanol–water partition coefficient (Wildman–Crippen LogP) is 4.64. The Balaban J connectivity index is 2.44. The van der Waals surface area contributed by atoms with Gasteiger partial charge in [-0.3, -0.25) is 14.8 Å². The fourth-order valence-electron chi connectivity index (χ4n) is 2.71. The zero-order valence-electron chi connectivity index (χ0n) is 16.2. The zero-order valence-corrected chi connectivity index (χ0v) is 16.2. The average molecular weight is 353 g/mol. The van der Waals surface area contributed by atoms with Crippen LogP contribution in [0.5, 0.6) is 0 Å². The number of hydrogen-bond acceptors (Lipinski definition) is 4. The smallest absolute Gasteiger partial charge is 0.257 e. The van der Waals surface area contributed by atoms with Crippen LogP contribution in [0.3, 0.4) is 0 Å². The van der Waals surface area contributed by atoms with E-state index in [-0.39, 0.29) is 5.56 Å². The molecule has 138 valence electrons. The Morgan fingerprint density at radius 1 is 1.35 bits per heavy atom. The van der Waals surface area contributed by atoms with E-state index in [9.17, 15) is 4.79 Å². The van der Waals surface area contributed by atoms with Gasteiger partial charge in [-0.1, -0.05) is 20.3 Å². The lowest BCUT2D eigenvalue weighted by molar-refractivity contribution is 0.312.